The van der Waals surface area contributed by atoms with Crippen LogP contribution in [0.15, 0.2) is 27.9 Å². The molecule has 0 bridgehead atoms. The van der Waals surface area contributed by atoms with Gasteiger partial charge in [-0.2, -0.15) is 13.2 Å². The fraction of sp³-hybridized carbons (Fsp3) is 0.417. The minimum absolute atomic E-state index is 0.0449. The van der Waals surface area contributed by atoms with Gasteiger partial charge in [-0.1, -0.05) is 5.16 Å². The maximum Gasteiger partial charge on any atom is 0.442 e. The van der Waals surface area contributed by atoms with Crippen molar-refractivity contribution in [3.05, 3.63) is 29.1 Å². The number of hydrogen-bond donors (Lipinski definition) is 0. The summed E-state index contributed by atoms with van der Waals surface area (Å²) in [6.07, 6.45) is -0.398. The highest BCUT2D eigenvalue weighted by Gasteiger charge is 2.41. The fourth-order valence-corrected chi connectivity index (χ4v) is 2.45. The van der Waals surface area contributed by atoms with Crippen molar-refractivity contribution < 1.29 is 22.5 Å². The first-order chi connectivity index (χ1) is 10.9. The van der Waals surface area contributed by atoms with Gasteiger partial charge in [0.2, 0.25) is 11.7 Å². The van der Waals surface area contributed by atoms with E-state index in [9.17, 15) is 22.8 Å². The second-order valence-corrected chi connectivity index (χ2v) is 4.91. The third-order valence-electron chi connectivity index (χ3n) is 3.38. The van der Waals surface area contributed by atoms with Crippen molar-refractivity contribution >= 4 is 5.91 Å². The van der Waals surface area contributed by atoms with Gasteiger partial charge in [-0.05, 0) is 6.42 Å². The molecule has 2 aromatic rings. The zero-order valence-electron chi connectivity index (χ0n) is 11.5. The fourth-order valence-electron chi connectivity index (χ4n) is 2.45. The monoisotopic (exact) mass is 329 g/mol. The van der Waals surface area contributed by atoms with Crippen molar-refractivity contribution in [2.45, 2.75) is 18.6 Å². The molecule has 0 radical (unpaired) electrons. The number of carbonyl (C=O) groups excluding carboxylic acids is 1. The SMILES string of the molecule is O=C1C(n2c(-c3cnccn3)noc2=O)CCN1CC(F)(F)F. The number of halogens is 3. The molecule has 0 N–H and O–H groups in total. The summed E-state index contributed by atoms with van der Waals surface area (Å²) in [6.45, 7) is -1.47. The molecule has 122 valence electrons. The number of likely N-dealkylation sites (tertiary alicyclic amines) is 1. The van der Waals surface area contributed by atoms with Crippen LogP contribution in [0.1, 0.15) is 12.5 Å². The molecule has 1 atom stereocenters. The standard InChI is InChI=1S/C12H10F3N5O3/c13-12(14,15)6-19-4-1-8(10(19)21)20-9(18-23-11(20)22)7-5-16-2-3-17-7/h2-3,5,8H,1,4,6H2. The van der Waals surface area contributed by atoms with Gasteiger partial charge in [0.1, 0.15) is 18.3 Å². The van der Waals surface area contributed by atoms with E-state index in [1.54, 1.807) is 0 Å². The van der Waals surface area contributed by atoms with E-state index in [0.29, 0.717) is 4.90 Å². The van der Waals surface area contributed by atoms with Crippen LogP contribution in [0.25, 0.3) is 11.5 Å². The average molecular weight is 329 g/mol. The van der Waals surface area contributed by atoms with Crippen LogP contribution < -0.4 is 5.76 Å². The van der Waals surface area contributed by atoms with Gasteiger partial charge in [0.05, 0.1) is 6.20 Å². The Morgan fingerprint density at radius 1 is 1.30 bits per heavy atom. The molecule has 2 aromatic heterocycles. The van der Waals surface area contributed by atoms with Crippen molar-refractivity contribution in [1.29, 1.82) is 0 Å². The molecule has 0 aromatic carbocycles. The third-order valence-corrected chi connectivity index (χ3v) is 3.38. The van der Waals surface area contributed by atoms with Crippen LogP contribution in [0.5, 0.6) is 0 Å². The Bertz CT molecular complexity index is 770. The van der Waals surface area contributed by atoms with Gasteiger partial charge < -0.3 is 4.90 Å². The third kappa shape index (κ3) is 2.94. The summed E-state index contributed by atoms with van der Waals surface area (Å²) in [7, 11) is 0. The van der Waals surface area contributed by atoms with Crippen LogP contribution in [0, 0.1) is 0 Å². The van der Waals surface area contributed by atoms with Gasteiger partial charge in [-0.25, -0.2) is 14.3 Å². The molecule has 1 aliphatic heterocycles. The molecule has 3 rings (SSSR count). The summed E-state index contributed by atoms with van der Waals surface area (Å²) in [5, 5.41) is 3.54. The lowest BCUT2D eigenvalue weighted by molar-refractivity contribution is -0.158. The molecule has 11 heteroatoms. The molecule has 1 unspecified atom stereocenters. The maximum absolute atomic E-state index is 12.5. The maximum atomic E-state index is 12.5. The topological polar surface area (TPSA) is 94.1 Å². The molecule has 1 amide bonds. The van der Waals surface area contributed by atoms with E-state index in [-0.39, 0.29) is 24.5 Å². The smallest absolute Gasteiger partial charge is 0.332 e. The molecule has 0 spiro atoms. The Labute approximate surface area is 126 Å². The highest BCUT2D eigenvalue weighted by atomic mass is 19.4. The first-order valence-corrected chi connectivity index (χ1v) is 6.57. The molecular weight excluding hydrogens is 319 g/mol. The van der Waals surface area contributed by atoms with Crippen LogP contribution >= 0.6 is 0 Å². The quantitative estimate of drug-likeness (QED) is 0.820. The Balaban J connectivity index is 1.93. The van der Waals surface area contributed by atoms with E-state index < -0.39 is 30.4 Å². The minimum Gasteiger partial charge on any atom is -0.332 e. The van der Waals surface area contributed by atoms with Gasteiger partial charge >= 0.3 is 11.9 Å². The Kier molecular flexibility index (Phi) is 3.62. The minimum atomic E-state index is -4.50. The van der Waals surface area contributed by atoms with Crippen LogP contribution in [0.4, 0.5) is 13.2 Å². The zero-order chi connectivity index (χ0) is 16.6. The van der Waals surface area contributed by atoms with E-state index in [0.717, 1.165) is 4.57 Å². The van der Waals surface area contributed by atoms with Crippen molar-refractivity contribution in [2.75, 3.05) is 13.1 Å². The van der Waals surface area contributed by atoms with Crippen molar-refractivity contribution in [1.82, 2.24) is 24.6 Å². The number of alkyl halides is 3. The summed E-state index contributed by atoms with van der Waals surface area (Å²) in [5.41, 5.74) is 0.181. The number of aromatic nitrogens is 4. The lowest BCUT2D eigenvalue weighted by Gasteiger charge is -2.18. The van der Waals surface area contributed by atoms with E-state index in [2.05, 4.69) is 19.6 Å². The highest BCUT2D eigenvalue weighted by molar-refractivity contribution is 5.83. The molecule has 1 saturated heterocycles. The predicted octanol–water partition coefficient (Wildman–Crippen LogP) is 0.629. The molecular formula is C12H10F3N5O3. The molecule has 23 heavy (non-hydrogen) atoms. The van der Waals surface area contributed by atoms with Crippen LogP contribution in [0.3, 0.4) is 0 Å². The zero-order valence-corrected chi connectivity index (χ0v) is 11.5. The second kappa shape index (κ2) is 5.48. The van der Waals surface area contributed by atoms with Crippen molar-refractivity contribution in [3.63, 3.8) is 0 Å². The summed E-state index contributed by atoms with van der Waals surface area (Å²) < 4.78 is 42.8. The normalized spacial score (nSPS) is 18.7. The van der Waals surface area contributed by atoms with Crippen LogP contribution in [0.2, 0.25) is 0 Å². The average Bonchev–Trinajstić information content (AvgIpc) is 3.03. The molecule has 0 aliphatic carbocycles. The predicted molar refractivity (Wildman–Crippen MR) is 68.1 cm³/mol. The number of hydrogen-bond acceptors (Lipinski definition) is 6. The van der Waals surface area contributed by atoms with Gasteiger partial charge in [0.25, 0.3) is 0 Å². The Hall–Kier alpha value is -2.72. The Morgan fingerprint density at radius 2 is 2.09 bits per heavy atom. The lowest BCUT2D eigenvalue weighted by Crippen LogP contribution is -2.37. The van der Waals surface area contributed by atoms with Crippen LogP contribution in [-0.4, -0.2) is 49.8 Å². The Morgan fingerprint density at radius 3 is 2.74 bits per heavy atom. The van der Waals surface area contributed by atoms with Crippen LogP contribution in [-0.2, 0) is 4.79 Å². The number of amides is 1. The van der Waals surface area contributed by atoms with E-state index in [1.807, 2.05) is 0 Å². The summed E-state index contributed by atoms with van der Waals surface area (Å²) in [6, 6.07) is -1.10. The summed E-state index contributed by atoms with van der Waals surface area (Å²) >= 11 is 0. The molecule has 1 aliphatic rings. The van der Waals surface area contributed by atoms with E-state index in [4.69, 9.17) is 0 Å². The first kappa shape index (κ1) is 15.2. The van der Waals surface area contributed by atoms with Gasteiger partial charge in [0.15, 0.2) is 0 Å². The van der Waals surface area contributed by atoms with Gasteiger partial charge in [-0.15, -0.1) is 0 Å². The summed E-state index contributed by atoms with van der Waals surface area (Å²) in [4.78, 5) is 32.4. The number of rotatable bonds is 3. The molecule has 1 fully saturated rings. The van der Waals surface area contributed by atoms with Crippen molar-refractivity contribution in [2.24, 2.45) is 0 Å². The molecule has 3 heterocycles. The number of nitrogens with zero attached hydrogens (tertiary/aromatic N) is 5. The number of carbonyl (C=O) groups is 1. The van der Waals surface area contributed by atoms with Gasteiger partial charge in [0, 0.05) is 18.9 Å². The lowest BCUT2D eigenvalue weighted by atomic mass is 10.2. The highest BCUT2D eigenvalue weighted by Crippen LogP contribution is 2.28. The van der Waals surface area contributed by atoms with E-state index >= 15 is 0 Å². The second-order valence-electron chi connectivity index (χ2n) is 4.91. The van der Waals surface area contributed by atoms with E-state index in [1.165, 1.54) is 18.6 Å². The molecule has 0 saturated carbocycles. The largest absolute Gasteiger partial charge is 0.442 e. The van der Waals surface area contributed by atoms with Crippen molar-refractivity contribution in [3.8, 4) is 11.5 Å². The van der Waals surface area contributed by atoms with Gasteiger partial charge in [-0.3, -0.25) is 14.3 Å². The molecule has 8 nitrogen and oxygen atoms in total. The summed E-state index contributed by atoms with van der Waals surface area (Å²) in [5.74, 6) is -1.79. The first-order valence-electron chi connectivity index (χ1n) is 6.57.